The third kappa shape index (κ3) is 4.22. The maximum atomic E-state index is 9.12. The van der Waals surface area contributed by atoms with Crippen molar-refractivity contribution in [3.8, 4) is 0 Å². The summed E-state index contributed by atoms with van der Waals surface area (Å²) in [4.78, 5) is 2.06. The Labute approximate surface area is 146 Å². The Balaban J connectivity index is 1.63. The van der Waals surface area contributed by atoms with Gasteiger partial charge in [-0.2, -0.15) is 0 Å². The molecule has 5 heteroatoms. The Morgan fingerprint density at radius 2 is 1.96 bits per heavy atom. The van der Waals surface area contributed by atoms with Crippen LogP contribution in [0, 0.1) is 17.2 Å². The Hall–Kier alpha value is -1.26. The van der Waals surface area contributed by atoms with Crippen LogP contribution in [0.4, 0.5) is 0 Å². The summed E-state index contributed by atoms with van der Waals surface area (Å²) in [5.74, 6) is 2.05. The molecule has 1 saturated heterocycles. The standard InChI is InChI=1S/C19H34N4O/c1-23-14-19(21-18(23)20,11-10-15-6-3-2-4-7-15)13-16-8-5-9-17(12-16)22-24/h15-16,24H,2-14H2,1H3,(H2,20,21)/t16-,19-/m1/s1. The molecule has 5 nitrogen and oxygen atoms in total. The van der Waals surface area contributed by atoms with E-state index in [1.54, 1.807) is 0 Å². The maximum Gasteiger partial charge on any atom is 0.191 e. The van der Waals surface area contributed by atoms with Crippen molar-refractivity contribution >= 4 is 11.7 Å². The van der Waals surface area contributed by atoms with E-state index in [9.17, 15) is 0 Å². The average molecular weight is 335 g/mol. The molecule has 0 spiro atoms. The Bertz CT molecular complexity index is 472. The number of likely N-dealkylation sites (N-methyl/N-ethyl adjacent to an activating group) is 1. The van der Waals surface area contributed by atoms with Gasteiger partial charge in [0.2, 0.25) is 0 Å². The fourth-order valence-corrected chi connectivity index (χ4v) is 5.18. The lowest BCUT2D eigenvalue weighted by Crippen LogP contribution is -2.46. The molecule has 0 bridgehead atoms. The highest BCUT2D eigenvalue weighted by atomic mass is 16.4. The minimum Gasteiger partial charge on any atom is -0.411 e. The van der Waals surface area contributed by atoms with Crippen molar-refractivity contribution in [3.63, 3.8) is 0 Å². The number of oxime groups is 1. The lowest BCUT2D eigenvalue weighted by Gasteiger charge is -2.36. The normalized spacial score (nSPS) is 33.9. The summed E-state index contributed by atoms with van der Waals surface area (Å²) >= 11 is 0. The smallest absolute Gasteiger partial charge is 0.191 e. The van der Waals surface area contributed by atoms with E-state index in [4.69, 9.17) is 10.6 Å². The summed E-state index contributed by atoms with van der Waals surface area (Å²) in [6.45, 7) is 0.945. The first-order valence-electron chi connectivity index (χ1n) is 9.88. The van der Waals surface area contributed by atoms with Crippen LogP contribution in [0.3, 0.4) is 0 Å². The van der Waals surface area contributed by atoms with Crippen LogP contribution in [-0.4, -0.2) is 40.9 Å². The summed E-state index contributed by atoms with van der Waals surface area (Å²) in [5.41, 5.74) is 1.02. The van der Waals surface area contributed by atoms with Crippen LogP contribution in [0.2, 0.25) is 0 Å². The van der Waals surface area contributed by atoms with Gasteiger partial charge in [0.05, 0.1) is 11.3 Å². The molecule has 0 aromatic heterocycles. The number of hydrogen-bond donors (Lipinski definition) is 3. The zero-order valence-electron chi connectivity index (χ0n) is 15.2. The summed E-state index contributed by atoms with van der Waals surface area (Å²) in [6, 6.07) is 0. The zero-order chi connectivity index (χ0) is 17.0. The first-order valence-corrected chi connectivity index (χ1v) is 9.88. The Kier molecular flexibility index (Phi) is 5.67. The van der Waals surface area contributed by atoms with Crippen LogP contribution in [0.15, 0.2) is 5.16 Å². The molecular formula is C19H34N4O. The Morgan fingerprint density at radius 1 is 1.21 bits per heavy atom. The van der Waals surface area contributed by atoms with Gasteiger partial charge in [0.1, 0.15) is 0 Å². The van der Waals surface area contributed by atoms with Crippen molar-refractivity contribution in [1.82, 2.24) is 10.2 Å². The molecule has 2 aliphatic carbocycles. The van der Waals surface area contributed by atoms with E-state index in [-0.39, 0.29) is 5.54 Å². The molecule has 1 heterocycles. The molecule has 0 radical (unpaired) electrons. The molecule has 3 fully saturated rings. The van der Waals surface area contributed by atoms with Crippen LogP contribution in [0.1, 0.15) is 77.0 Å². The number of nitrogens with one attached hydrogen (secondary N) is 2. The molecule has 0 amide bonds. The second kappa shape index (κ2) is 7.75. The number of guanidine groups is 1. The molecule has 2 atom stereocenters. The average Bonchev–Trinajstić information content (AvgIpc) is 2.88. The Morgan fingerprint density at radius 3 is 2.62 bits per heavy atom. The molecule has 136 valence electrons. The second-order valence-corrected chi connectivity index (χ2v) is 8.49. The van der Waals surface area contributed by atoms with Gasteiger partial charge in [-0.1, -0.05) is 37.3 Å². The topological polar surface area (TPSA) is 71.7 Å². The summed E-state index contributed by atoms with van der Waals surface area (Å²) < 4.78 is 0. The summed E-state index contributed by atoms with van der Waals surface area (Å²) in [7, 11) is 2.03. The lowest BCUT2D eigenvalue weighted by molar-refractivity contribution is 0.221. The maximum absolute atomic E-state index is 9.12. The quantitative estimate of drug-likeness (QED) is 0.526. The largest absolute Gasteiger partial charge is 0.411 e. The van der Waals surface area contributed by atoms with E-state index >= 15 is 0 Å². The van der Waals surface area contributed by atoms with E-state index in [1.165, 1.54) is 51.4 Å². The highest BCUT2D eigenvalue weighted by Gasteiger charge is 2.41. The first-order chi connectivity index (χ1) is 11.6. The van der Waals surface area contributed by atoms with E-state index in [1.807, 2.05) is 7.05 Å². The van der Waals surface area contributed by atoms with Crippen molar-refractivity contribution in [2.45, 2.75) is 82.6 Å². The van der Waals surface area contributed by atoms with E-state index in [0.717, 1.165) is 43.9 Å². The van der Waals surface area contributed by atoms with Crippen molar-refractivity contribution in [1.29, 1.82) is 5.41 Å². The SMILES string of the molecule is CN1C[C@@](CCC2CCCCC2)(C[C@@H]2CCCC(=NO)C2)NC1=N. The molecule has 3 N–H and O–H groups in total. The number of rotatable bonds is 5. The van der Waals surface area contributed by atoms with Gasteiger partial charge < -0.3 is 15.4 Å². The fraction of sp³-hybridized carbons (Fsp3) is 0.895. The number of nitrogens with zero attached hydrogens (tertiary/aromatic N) is 2. The van der Waals surface area contributed by atoms with Gasteiger partial charge in [-0.25, -0.2) is 0 Å². The third-order valence-electron chi connectivity index (χ3n) is 6.48. The van der Waals surface area contributed by atoms with Gasteiger partial charge in [0.25, 0.3) is 0 Å². The fourth-order valence-electron chi connectivity index (χ4n) is 5.18. The highest BCUT2D eigenvalue weighted by molar-refractivity contribution is 5.84. The molecule has 1 aliphatic heterocycles. The molecule has 3 rings (SSSR count). The third-order valence-corrected chi connectivity index (χ3v) is 6.48. The van der Waals surface area contributed by atoms with E-state index < -0.39 is 0 Å². The zero-order valence-corrected chi connectivity index (χ0v) is 15.2. The molecule has 0 unspecified atom stereocenters. The van der Waals surface area contributed by atoms with Gasteiger partial charge in [0.15, 0.2) is 5.96 Å². The number of hydrogen-bond acceptors (Lipinski definition) is 3. The van der Waals surface area contributed by atoms with Crippen molar-refractivity contribution in [2.75, 3.05) is 13.6 Å². The summed E-state index contributed by atoms with van der Waals surface area (Å²) in [5, 5.41) is 24.3. The molecular weight excluding hydrogens is 300 g/mol. The summed E-state index contributed by atoms with van der Waals surface area (Å²) in [6.07, 6.45) is 14.8. The van der Waals surface area contributed by atoms with Crippen molar-refractivity contribution in [3.05, 3.63) is 0 Å². The molecule has 0 aromatic carbocycles. The lowest BCUT2D eigenvalue weighted by atomic mass is 9.75. The highest BCUT2D eigenvalue weighted by Crippen LogP contribution is 2.37. The van der Waals surface area contributed by atoms with Gasteiger partial charge in [0, 0.05) is 13.6 Å². The van der Waals surface area contributed by atoms with Crippen LogP contribution in [0.5, 0.6) is 0 Å². The van der Waals surface area contributed by atoms with Crippen LogP contribution >= 0.6 is 0 Å². The minimum atomic E-state index is 0.0475. The second-order valence-electron chi connectivity index (χ2n) is 8.49. The van der Waals surface area contributed by atoms with Crippen LogP contribution in [-0.2, 0) is 0 Å². The van der Waals surface area contributed by atoms with Gasteiger partial charge >= 0.3 is 0 Å². The minimum absolute atomic E-state index is 0.0475. The monoisotopic (exact) mass is 334 g/mol. The van der Waals surface area contributed by atoms with Crippen LogP contribution < -0.4 is 5.32 Å². The molecule has 0 aromatic rings. The van der Waals surface area contributed by atoms with Crippen LogP contribution in [0.25, 0.3) is 0 Å². The van der Waals surface area contributed by atoms with Gasteiger partial charge in [-0.05, 0) is 56.8 Å². The van der Waals surface area contributed by atoms with Gasteiger partial charge in [-0.3, -0.25) is 5.41 Å². The molecule has 3 aliphatic rings. The molecule has 24 heavy (non-hydrogen) atoms. The van der Waals surface area contributed by atoms with E-state index in [2.05, 4.69) is 15.4 Å². The predicted octanol–water partition coefficient (Wildman–Crippen LogP) is 3.97. The first kappa shape index (κ1) is 17.6. The van der Waals surface area contributed by atoms with Crippen molar-refractivity contribution in [2.24, 2.45) is 17.0 Å². The van der Waals surface area contributed by atoms with E-state index in [0.29, 0.717) is 11.9 Å². The molecule has 2 saturated carbocycles. The van der Waals surface area contributed by atoms with Gasteiger partial charge in [-0.15, -0.1) is 0 Å². The van der Waals surface area contributed by atoms with Crippen molar-refractivity contribution < 1.29 is 5.21 Å². The predicted molar refractivity (Wildman–Crippen MR) is 97.8 cm³/mol.